The molecule has 0 aliphatic carbocycles. The average Bonchev–Trinajstić information content (AvgIpc) is 2.73. The second-order valence-corrected chi connectivity index (χ2v) is 7.72. The number of nitrogens with one attached hydrogen (secondary N) is 1. The highest BCUT2D eigenvalue weighted by Crippen LogP contribution is 2.07. The molecule has 0 heterocycles. The molecule has 0 aromatic carbocycles. The number of carboxylic acids is 1. The number of hydrogen-bond acceptors (Lipinski definition) is 3. The number of carbonyl (C=O) groups excluding carboxylic acids is 1. The van der Waals surface area contributed by atoms with Gasteiger partial charge in [0.2, 0.25) is 5.91 Å². The Morgan fingerprint density at radius 3 is 1.97 bits per heavy atom. The van der Waals surface area contributed by atoms with E-state index in [1.54, 1.807) is 0 Å². The number of allylic oxidation sites excluding steroid dienone is 6. The lowest BCUT2D eigenvalue weighted by Gasteiger charge is -2.13. The molecule has 0 bridgehead atoms. The van der Waals surface area contributed by atoms with E-state index < -0.39 is 12.0 Å². The van der Waals surface area contributed by atoms with Gasteiger partial charge in [-0.3, -0.25) is 4.79 Å². The van der Waals surface area contributed by atoms with Gasteiger partial charge in [-0.1, -0.05) is 69.1 Å². The summed E-state index contributed by atoms with van der Waals surface area (Å²) < 4.78 is 0. The third-order valence-corrected chi connectivity index (χ3v) is 4.87. The molecule has 30 heavy (non-hydrogen) atoms. The van der Waals surface area contributed by atoms with Crippen molar-refractivity contribution in [2.24, 2.45) is 5.73 Å². The number of hydrogen-bond donors (Lipinski definition) is 3. The molecule has 1 atom stereocenters. The molecule has 0 aromatic rings. The second-order valence-electron chi connectivity index (χ2n) is 7.72. The van der Waals surface area contributed by atoms with Gasteiger partial charge < -0.3 is 16.2 Å². The minimum absolute atomic E-state index is 0.179. The Hall–Kier alpha value is -1.88. The van der Waals surface area contributed by atoms with Crippen molar-refractivity contribution in [3.63, 3.8) is 0 Å². The predicted octanol–water partition coefficient (Wildman–Crippen LogP) is 5.66. The summed E-state index contributed by atoms with van der Waals surface area (Å²) >= 11 is 0. The minimum atomic E-state index is -0.989. The van der Waals surface area contributed by atoms with Crippen LogP contribution in [0.4, 0.5) is 0 Å². The maximum atomic E-state index is 11.9. The topological polar surface area (TPSA) is 92.4 Å². The first-order valence-corrected chi connectivity index (χ1v) is 11.8. The second kappa shape index (κ2) is 21.8. The molecule has 4 N–H and O–H groups in total. The molecular weight excluding hydrogens is 376 g/mol. The lowest BCUT2D eigenvalue weighted by molar-refractivity contribution is -0.142. The van der Waals surface area contributed by atoms with Gasteiger partial charge in [0.05, 0.1) is 0 Å². The highest BCUT2D eigenvalue weighted by molar-refractivity contribution is 5.83. The van der Waals surface area contributed by atoms with Gasteiger partial charge in [0.15, 0.2) is 0 Å². The van der Waals surface area contributed by atoms with E-state index in [1.165, 1.54) is 25.7 Å². The van der Waals surface area contributed by atoms with Gasteiger partial charge in [-0.2, -0.15) is 0 Å². The zero-order valence-corrected chi connectivity index (χ0v) is 19.0. The molecule has 0 radical (unpaired) electrons. The highest BCUT2D eigenvalue weighted by Gasteiger charge is 2.18. The predicted molar refractivity (Wildman–Crippen MR) is 126 cm³/mol. The molecule has 5 heteroatoms. The summed E-state index contributed by atoms with van der Waals surface area (Å²) in [5.41, 5.74) is 5.40. The van der Waals surface area contributed by atoms with Crippen molar-refractivity contribution in [2.75, 3.05) is 6.54 Å². The molecule has 0 aliphatic rings. The molecule has 1 amide bonds. The molecule has 0 saturated carbocycles. The summed E-state index contributed by atoms with van der Waals surface area (Å²) in [7, 11) is 0. The van der Waals surface area contributed by atoms with Crippen LogP contribution >= 0.6 is 0 Å². The molecule has 172 valence electrons. The Morgan fingerprint density at radius 1 is 0.833 bits per heavy atom. The minimum Gasteiger partial charge on any atom is -0.480 e. The Labute approximate surface area is 183 Å². The number of carboxylic acid groups (broad SMARTS) is 1. The van der Waals surface area contributed by atoms with Crippen molar-refractivity contribution in [2.45, 2.75) is 103 Å². The van der Waals surface area contributed by atoms with Crippen molar-refractivity contribution in [3.05, 3.63) is 36.5 Å². The zero-order valence-electron chi connectivity index (χ0n) is 19.0. The van der Waals surface area contributed by atoms with Crippen LogP contribution in [0.3, 0.4) is 0 Å². The first-order valence-electron chi connectivity index (χ1n) is 11.8. The van der Waals surface area contributed by atoms with E-state index in [2.05, 4.69) is 48.7 Å². The fourth-order valence-electron chi connectivity index (χ4n) is 3.04. The molecule has 0 fully saturated rings. The van der Waals surface area contributed by atoms with E-state index in [4.69, 9.17) is 10.8 Å². The van der Waals surface area contributed by atoms with Crippen LogP contribution in [0.2, 0.25) is 0 Å². The van der Waals surface area contributed by atoms with Crippen LogP contribution in [0.25, 0.3) is 0 Å². The van der Waals surface area contributed by atoms with Crippen LogP contribution < -0.4 is 11.1 Å². The van der Waals surface area contributed by atoms with Crippen LogP contribution in [0.5, 0.6) is 0 Å². The maximum Gasteiger partial charge on any atom is 0.326 e. The van der Waals surface area contributed by atoms with Gasteiger partial charge in [0.1, 0.15) is 6.04 Å². The molecule has 0 aromatic heterocycles. The third-order valence-electron chi connectivity index (χ3n) is 4.87. The summed E-state index contributed by atoms with van der Waals surface area (Å²) in [5.74, 6) is -1.17. The number of aliphatic carboxylic acids is 1. The van der Waals surface area contributed by atoms with Crippen LogP contribution in [-0.2, 0) is 9.59 Å². The van der Waals surface area contributed by atoms with Gasteiger partial charge in [0, 0.05) is 6.42 Å². The number of amides is 1. The lowest BCUT2D eigenvalue weighted by atomic mass is 10.1. The Bertz CT molecular complexity index is 513. The van der Waals surface area contributed by atoms with Gasteiger partial charge in [-0.05, 0) is 64.3 Å². The van der Waals surface area contributed by atoms with Crippen LogP contribution in [0.1, 0.15) is 96.8 Å². The average molecular weight is 421 g/mol. The molecule has 0 unspecified atom stereocenters. The smallest absolute Gasteiger partial charge is 0.326 e. The van der Waals surface area contributed by atoms with E-state index in [0.29, 0.717) is 25.8 Å². The summed E-state index contributed by atoms with van der Waals surface area (Å²) in [6, 6.07) is -0.818. The van der Waals surface area contributed by atoms with E-state index in [-0.39, 0.29) is 5.91 Å². The van der Waals surface area contributed by atoms with Crippen molar-refractivity contribution in [3.8, 4) is 0 Å². The zero-order chi connectivity index (χ0) is 22.3. The third kappa shape index (κ3) is 19.4. The van der Waals surface area contributed by atoms with E-state index in [1.807, 2.05) is 0 Å². The number of nitrogens with two attached hydrogens (primary N) is 1. The van der Waals surface area contributed by atoms with Crippen LogP contribution in [0.15, 0.2) is 36.5 Å². The van der Waals surface area contributed by atoms with Crippen molar-refractivity contribution in [1.82, 2.24) is 5.32 Å². The SMILES string of the molecule is CCCCC/C=C\C/C=C\C/C=C\CCCCCCC(=O)N[C@@H](CCCN)C(=O)O. The standard InChI is InChI=1S/C25H44N2O3/c1-2-3-4-5-6-7-8-9-10-11-12-13-14-15-16-17-18-21-24(28)27-23(25(29)30)20-19-22-26/h6-7,9-10,12-13,23H,2-5,8,11,14-22,26H2,1H3,(H,27,28)(H,29,30)/b7-6-,10-9-,13-12-/t23-/m0/s1. The Kier molecular flexibility index (Phi) is 20.5. The fourth-order valence-corrected chi connectivity index (χ4v) is 3.04. The van der Waals surface area contributed by atoms with E-state index in [9.17, 15) is 9.59 Å². The molecule has 0 rings (SSSR count). The number of unbranched alkanes of at least 4 members (excludes halogenated alkanes) is 7. The van der Waals surface area contributed by atoms with Gasteiger partial charge in [-0.25, -0.2) is 4.79 Å². The molecule has 0 saturated heterocycles. The van der Waals surface area contributed by atoms with E-state index in [0.717, 1.165) is 44.9 Å². The first kappa shape index (κ1) is 28.1. The lowest BCUT2D eigenvalue weighted by Crippen LogP contribution is -2.40. The highest BCUT2D eigenvalue weighted by atomic mass is 16.4. The van der Waals surface area contributed by atoms with Gasteiger partial charge in [-0.15, -0.1) is 0 Å². The Balaban J connectivity index is 3.58. The van der Waals surface area contributed by atoms with Crippen LogP contribution in [-0.4, -0.2) is 29.6 Å². The number of rotatable bonds is 20. The van der Waals surface area contributed by atoms with Crippen molar-refractivity contribution in [1.29, 1.82) is 0 Å². The quantitative estimate of drug-likeness (QED) is 0.175. The molecular formula is C25H44N2O3. The normalized spacial score (nSPS) is 12.9. The summed E-state index contributed by atoms with van der Waals surface area (Å²) in [4.78, 5) is 23.0. The Morgan fingerprint density at radius 2 is 1.40 bits per heavy atom. The monoisotopic (exact) mass is 420 g/mol. The molecule has 5 nitrogen and oxygen atoms in total. The maximum absolute atomic E-state index is 11.9. The molecule has 0 aliphatic heterocycles. The van der Waals surface area contributed by atoms with Crippen molar-refractivity contribution >= 4 is 11.9 Å². The summed E-state index contributed by atoms with van der Waals surface area (Å²) in [6.07, 6.45) is 26.9. The molecule has 0 spiro atoms. The summed E-state index contributed by atoms with van der Waals surface area (Å²) in [6.45, 7) is 2.66. The first-order chi connectivity index (χ1) is 14.6. The number of carbonyl (C=O) groups is 2. The van der Waals surface area contributed by atoms with Crippen LogP contribution in [0, 0.1) is 0 Å². The fraction of sp³-hybridized carbons (Fsp3) is 0.680. The summed E-state index contributed by atoms with van der Waals surface area (Å²) in [5, 5.41) is 11.7. The van der Waals surface area contributed by atoms with Gasteiger partial charge in [0.25, 0.3) is 0 Å². The largest absolute Gasteiger partial charge is 0.480 e. The van der Waals surface area contributed by atoms with E-state index >= 15 is 0 Å². The van der Waals surface area contributed by atoms with Crippen molar-refractivity contribution < 1.29 is 14.7 Å². The van der Waals surface area contributed by atoms with Gasteiger partial charge >= 0.3 is 5.97 Å².